The third kappa shape index (κ3) is 5.03. The number of methoxy groups -OCH3 is 1. The zero-order valence-electron chi connectivity index (χ0n) is 22.1. The molecule has 0 atom stereocenters. The van der Waals surface area contributed by atoms with E-state index in [-0.39, 0.29) is 33.8 Å². The van der Waals surface area contributed by atoms with E-state index in [1.54, 1.807) is 0 Å². The van der Waals surface area contributed by atoms with Crippen LogP contribution >= 0.6 is 11.6 Å². The summed E-state index contributed by atoms with van der Waals surface area (Å²) in [5, 5.41) is -0.858. The van der Waals surface area contributed by atoms with Gasteiger partial charge in [0.15, 0.2) is 0 Å². The molecule has 4 aromatic carbocycles. The molecule has 0 N–H and O–H groups in total. The second-order valence-electron chi connectivity index (χ2n) is 9.19. The van der Waals surface area contributed by atoms with Crippen LogP contribution < -0.4 is 14.3 Å². The smallest absolute Gasteiger partial charge is 0.339 e. The number of nitrogens with zero attached hydrogens (tertiary/aromatic N) is 1. The van der Waals surface area contributed by atoms with Crippen LogP contribution in [0.3, 0.4) is 0 Å². The minimum atomic E-state index is -5.32. The van der Waals surface area contributed by atoms with Crippen LogP contribution in [0.1, 0.15) is 5.69 Å². The van der Waals surface area contributed by atoms with Crippen LogP contribution in [0.25, 0.3) is 27.7 Å². The topological polar surface area (TPSA) is 74.6 Å². The van der Waals surface area contributed by atoms with Gasteiger partial charge in [-0.2, -0.15) is 17.2 Å². The average Bonchev–Trinajstić information content (AvgIpc) is 3.00. The highest BCUT2D eigenvalue weighted by Gasteiger charge is 2.31. The SMILES string of the molecule is COc1cc(-c2cccc(F)c2)c(F)cc1-n1c(C)c(Cl)c(=O)c2cc(S(=O)(=O)Oc3c(F)c(F)c(F)c(F)c3F)ccc21. The van der Waals surface area contributed by atoms with Crippen molar-refractivity contribution in [1.29, 1.82) is 0 Å². The Bertz CT molecular complexity index is 2160. The molecule has 5 rings (SSSR count). The maximum Gasteiger partial charge on any atom is 0.339 e. The van der Waals surface area contributed by atoms with E-state index < -0.39 is 77.3 Å². The number of rotatable bonds is 6. The first-order valence-electron chi connectivity index (χ1n) is 12.1. The standard InChI is InChI=1S/C29H15ClF7NO5S/c1-12-22(30)28(39)17-9-15(44(40,41)43-29-26(36)24(34)23(33)25(35)27(29)37)6-7-19(17)38(12)20-11-18(32)16(10-21(20)42-2)13-4-3-5-14(31)8-13/h3-11H,1-2H3. The van der Waals surface area contributed by atoms with Crippen LogP contribution in [0.15, 0.2) is 64.3 Å². The van der Waals surface area contributed by atoms with E-state index in [2.05, 4.69) is 4.18 Å². The predicted octanol–water partition coefficient (Wildman–Crippen LogP) is 7.37. The van der Waals surface area contributed by atoms with Crippen molar-refractivity contribution in [2.75, 3.05) is 7.11 Å². The van der Waals surface area contributed by atoms with E-state index in [0.29, 0.717) is 6.07 Å². The van der Waals surface area contributed by atoms with Crippen molar-refractivity contribution in [3.05, 3.63) is 116 Å². The predicted molar refractivity (Wildman–Crippen MR) is 145 cm³/mol. The molecule has 1 heterocycles. The fraction of sp³-hybridized carbons (Fsp3) is 0.0690. The van der Waals surface area contributed by atoms with Gasteiger partial charge in [-0.15, -0.1) is 0 Å². The summed E-state index contributed by atoms with van der Waals surface area (Å²) in [6.07, 6.45) is 0. The zero-order valence-corrected chi connectivity index (χ0v) is 23.7. The summed E-state index contributed by atoms with van der Waals surface area (Å²) in [5.41, 5.74) is -0.757. The third-order valence-electron chi connectivity index (χ3n) is 6.60. The lowest BCUT2D eigenvalue weighted by atomic mass is 10.0. The summed E-state index contributed by atoms with van der Waals surface area (Å²) >= 11 is 6.27. The van der Waals surface area contributed by atoms with Crippen molar-refractivity contribution >= 4 is 32.6 Å². The van der Waals surface area contributed by atoms with Crippen molar-refractivity contribution in [1.82, 2.24) is 4.57 Å². The van der Waals surface area contributed by atoms with Crippen molar-refractivity contribution in [3.63, 3.8) is 0 Å². The Labute approximate surface area is 248 Å². The first-order valence-corrected chi connectivity index (χ1v) is 13.9. The van der Waals surface area contributed by atoms with Gasteiger partial charge in [-0.3, -0.25) is 4.79 Å². The molecule has 5 aromatic rings. The molecule has 0 spiro atoms. The summed E-state index contributed by atoms with van der Waals surface area (Å²) in [6, 6.07) is 9.97. The maximum atomic E-state index is 15.4. The number of halogens is 8. The van der Waals surface area contributed by atoms with Gasteiger partial charge >= 0.3 is 10.1 Å². The average molecular weight is 658 g/mol. The lowest BCUT2D eigenvalue weighted by Crippen LogP contribution is -2.17. The number of hydrogen-bond donors (Lipinski definition) is 0. The van der Waals surface area contributed by atoms with E-state index in [1.165, 1.54) is 42.9 Å². The second kappa shape index (κ2) is 11.2. The highest BCUT2D eigenvalue weighted by Crippen LogP contribution is 2.37. The molecule has 44 heavy (non-hydrogen) atoms. The molecule has 0 fully saturated rings. The lowest BCUT2D eigenvalue weighted by molar-refractivity contribution is 0.346. The van der Waals surface area contributed by atoms with E-state index in [9.17, 15) is 39.6 Å². The minimum Gasteiger partial charge on any atom is -0.495 e. The molecular formula is C29H15ClF7NO5S. The Balaban J connectivity index is 1.70. The first kappa shape index (κ1) is 30.9. The Hall–Kier alpha value is -4.56. The van der Waals surface area contributed by atoms with Crippen LogP contribution in [0, 0.1) is 47.6 Å². The van der Waals surface area contributed by atoms with Gasteiger partial charge in [0.05, 0.1) is 18.3 Å². The molecule has 0 aliphatic heterocycles. The number of aromatic nitrogens is 1. The summed E-state index contributed by atoms with van der Waals surface area (Å²) in [4.78, 5) is 12.2. The van der Waals surface area contributed by atoms with Crippen molar-refractivity contribution in [2.45, 2.75) is 11.8 Å². The first-order chi connectivity index (χ1) is 20.7. The highest BCUT2D eigenvalue weighted by atomic mass is 35.5. The van der Waals surface area contributed by atoms with Gasteiger partial charge in [0, 0.05) is 22.7 Å². The van der Waals surface area contributed by atoms with Gasteiger partial charge in [0.2, 0.25) is 40.3 Å². The van der Waals surface area contributed by atoms with Gasteiger partial charge in [-0.05, 0) is 48.9 Å². The van der Waals surface area contributed by atoms with Gasteiger partial charge in [-0.25, -0.2) is 22.0 Å². The highest BCUT2D eigenvalue weighted by molar-refractivity contribution is 7.87. The van der Waals surface area contributed by atoms with Crippen LogP contribution in [0.5, 0.6) is 11.5 Å². The molecule has 0 aliphatic carbocycles. The van der Waals surface area contributed by atoms with Crippen LogP contribution in [0.2, 0.25) is 5.02 Å². The van der Waals surface area contributed by atoms with Gasteiger partial charge in [0.1, 0.15) is 27.3 Å². The Morgan fingerprint density at radius 1 is 0.818 bits per heavy atom. The molecule has 0 saturated heterocycles. The molecule has 0 amide bonds. The fourth-order valence-electron chi connectivity index (χ4n) is 4.49. The van der Waals surface area contributed by atoms with Gasteiger partial charge < -0.3 is 13.5 Å². The molecule has 228 valence electrons. The molecule has 0 saturated carbocycles. The monoisotopic (exact) mass is 657 g/mol. The fourth-order valence-corrected chi connectivity index (χ4v) is 5.64. The number of hydrogen-bond acceptors (Lipinski definition) is 5. The normalized spacial score (nSPS) is 11.7. The van der Waals surface area contributed by atoms with Crippen molar-refractivity contribution < 1.29 is 48.1 Å². The summed E-state index contributed by atoms with van der Waals surface area (Å²) in [6.45, 7) is 1.40. The third-order valence-corrected chi connectivity index (χ3v) is 8.26. The van der Waals surface area contributed by atoms with E-state index in [4.69, 9.17) is 16.3 Å². The minimum absolute atomic E-state index is 0.0113. The van der Waals surface area contributed by atoms with Crippen LogP contribution in [-0.2, 0) is 10.1 Å². The molecule has 0 unspecified atom stereocenters. The van der Waals surface area contributed by atoms with Crippen LogP contribution in [0.4, 0.5) is 30.7 Å². The maximum absolute atomic E-state index is 15.4. The Morgan fingerprint density at radius 3 is 2.07 bits per heavy atom. The second-order valence-corrected chi connectivity index (χ2v) is 11.1. The lowest BCUT2D eigenvalue weighted by Gasteiger charge is -2.20. The van der Waals surface area contributed by atoms with E-state index in [1.807, 2.05) is 0 Å². The summed E-state index contributed by atoms with van der Waals surface area (Å²) in [7, 11) is -4.06. The van der Waals surface area contributed by atoms with Crippen LogP contribution in [-0.4, -0.2) is 20.1 Å². The molecule has 15 heteroatoms. The molecule has 0 radical (unpaired) electrons. The Morgan fingerprint density at radius 2 is 1.45 bits per heavy atom. The molecular weight excluding hydrogens is 643 g/mol. The van der Waals surface area contributed by atoms with Crippen molar-refractivity contribution in [3.8, 4) is 28.3 Å². The molecule has 1 aromatic heterocycles. The van der Waals surface area contributed by atoms with E-state index in [0.717, 1.165) is 24.3 Å². The zero-order chi connectivity index (χ0) is 32.2. The quantitative estimate of drug-likeness (QED) is 0.0825. The van der Waals surface area contributed by atoms with Gasteiger partial charge in [-0.1, -0.05) is 23.7 Å². The van der Waals surface area contributed by atoms with Crippen molar-refractivity contribution in [2.24, 2.45) is 0 Å². The van der Waals surface area contributed by atoms with Gasteiger partial charge in [0.25, 0.3) is 0 Å². The number of benzene rings is 4. The summed E-state index contributed by atoms with van der Waals surface area (Å²) < 4.78 is 135. The summed E-state index contributed by atoms with van der Waals surface area (Å²) in [5.74, 6) is -16.0. The number of pyridine rings is 1. The Kier molecular flexibility index (Phi) is 7.84. The number of fused-ring (bicyclic) bond motifs is 1. The largest absolute Gasteiger partial charge is 0.495 e. The number of ether oxygens (including phenoxy) is 1. The molecule has 6 nitrogen and oxygen atoms in total. The molecule has 0 bridgehead atoms. The molecule has 0 aliphatic rings. The van der Waals surface area contributed by atoms with E-state index >= 15 is 4.39 Å².